The van der Waals surface area contributed by atoms with Gasteiger partial charge in [0, 0.05) is 12.8 Å². The molecule has 0 spiro atoms. The summed E-state index contributed by atoms with van der Waals surface area (Å²) in [5.74, 6) is -0.0630. The van der Waals surface area contributed by atoms with Gasteiger partial charge in [0.05, 0.1) is 6.54 Å². The second kappa shape index (κ2) is 6.12. The molecule has 2 aliphatic rings. The van der Waals surface area contributed by atoms with E-state index < -0.39 is 11.5 Å². The molecule has 1 aromatic carbocycles. The molecule has 1 atom stereocenters. The number of amides is 3. The van der Waals surface area contributed by atoms with Crippen LogP contribution in [0.15, 0.2) is 18.2 Å². The van der Waals surface area contributed by atoms with Gasteiger partial charge in [-0.05, 0) is 24.6 Å². The Morgan fingerprint density at radius 3 is 2.62 bits per heavy atom. The minimum absolute atomic E-state index is 0.0678. The van der Waals surface area contributed by atoms with E-state index in [0.29, 0.717) is 17.1 Å². The maximum atomic E-state index is 11.9. The van der Waals surface area contributed by atoms with Gasteiger partial charge >= 0.3 is 0 Å². The number of hydrogen-bond donors (Lipinski definition) is 2. The third-order valence-electron chi connectivity index (χ3n) is 4.08. The molecule has 3 rings (SSSR count). The van der Waals surface area contributed by atoms with Crippen molar-refractivity contribution in [1.29, 1.82) is 0 Å². The molecule has 2 aliphatic heterocycles. The number of nitrogens with one attached hydrogen (secondary N) is 1. The van der Waals surface area contributed by atoms with Crippen LogP contribution < -0.4 is 14.8 Å². The molecule has 0 radical (unpaired) electrons. The van der Waals surface area contributed by atoms with Crippen LogP contribution in [0.4, 0.5) is 0 Å². The smallest absolute Gasteiger partial charge is 0.240 e. The zero-order chi connectivity index (χ0) is 17.3. The van der Waals surface area contributed by atoms with Crippen molar-refractivity contribution in [2.45, 2.75) is 25.4 Å². The number of benzene rings is 1. The molecule has 1 aromatic rings. The Morgan fingerprint density at radius 2 is 1.92 bits per heavy atom. The fourth-order valence-corrected chi connectivity index (χ4v) is 2.60. The summed E-state index contributed by atoms with van der Waals surface area (Å²) < 4.78 is 10.5. The van der Waals surface area contributed by atoms with Crippen LogP contribution >= 0.6 is 0 Å². The molecule has 0 aliphatic carbocycles. The van der Waals surface area contributed by atoms with Crippen LogP contribution in [0.2, 0.25) is 0 Å². The Hall–Kier alpha value is -2.61. The van der Waals surface area contributed by atoms with E-state index in [-0.39, 0.29) is 44.5 Å². The van der Waals surface area contributed by atoms with Gasteiger partial charge in [-0.1, -0.05) is 6.07 Å². The summed E-state index contributed by atoms with van der Waals surface area (Å²) in [5.41, 5.74) is -0.782. The van der Waals surface area contributed by atoms with Crippen LogP contribution in [0.5, 0.6) is 11.5 Å². The molecule has 2 N–H and O–H groups in total. The average Bonchev–Trinajstić information content (AvgIpc) is 3.14. The first-order valence-corrected chi connectivity index (χ1v) is 7.59. The number of likely N-dealkylation sites (tertiary alicyclic amines) is 1. The molecular weight excluding hydrogens is 316 g/mol. The Morgan fingerprint density at radius 1 is 1.25 bits per heavy atom. The largest absolute Gasteiger partial charge is 0.454 e. The molecule has 2 heterocycles. The predicted octanol–water partition coefficient (Wildman–Crippen LogP) is -0.112. The maximum absolute atomic E-state index is 11.9. The van der Waals surface area contributed by atoms with E-state index >= 15 is 0 Å². The van der Waals surface area contributed by atoms with Crippen LogP contribution in [-0.2, 0) is 20.0 Å². The second-order valence-electron chi connectivity index (χ2n) is 5.99. The lowest BCUT2D eigenvalue weighted by atomic mass is 9.95. The summed E-state index contributed by atoms with van der Waals surface area (Å²) in [7, 11) is 0. The Kier molecular flexibility index (Phi) is 4.15. The van der Waals surface area contributed by atoms with Gasteiger partial charge in [-0.15, -0.1) is 0 Å². The highest BCUT2D eigenvalue weighted by Crippen LogP contribution is 2.35. The van der Waals surface area contributed by atoms with Gasteiger partial charge < -0.3 is 19.9 Å². The molecule has 1 fully saturated rings. The minimum atomic E-state index is -1.34. The first kappa shape index (κ1) is 16.3. The highest BCUT2D eigenvalue weighted by molar-refractivity contribution is 6.04. The second-order valence-corrected chi connectivity index (χ2v) is 5.99. The molecule has 1 saturated heterocycles. The SMILES string of the molecule is C[C@](O)(CNC(=O)CN1C(=O)CCC1=O)c1ccc2c(c1)OCO2. The molecule has 8 nitrogen and oxygen atoms in total. The first-order valence-electron chi connectivity index (χ1n) is 7.59. The number of nitrogens with zero attached hydrogens (tertiary/aromatic N) is 1. The molecule has 128 valence electrons. The van der Waals surface area contributed by atoms with Crippen molar-refractivity contribution in [2.75, 3.05) is 19.9 Å². The number of ether oxygens (including phenoxy) is 2. The van der Waals surface area contributed by atoms with E-state index in [2.05, 4.69) is 5.32 Å². The van der Waals surface area contributed by atoms with E-state index in [4.69, 9.17) is 9.47 Å². The van der Waals surface area contributed by atoms with Gasteiger partial charge in [0.15, 0.2) is 11.5 Å². The number of carbonyl (C=O) groups excluding carboxylic acids is 3. The Balaban J connectivity index is 1.59. The lowest BCUT2D eigenvalue weighted by molar-refractivity contribution is -0.142. The van der Waals surface area contributed by atoms with E-state index in [1.54, 1.807) is 25.1 Å². The minimum Gasteiger partial charge on any atom is -0.454 e. The molecule has 0 aromatic heterocycles. The zero-order valence-corrected chi connectivity index (χ0v) is 13.2. The number of aliphatic hydroxyl groups is 1. The van der Waals surface area contributed by atoms with Crippen molar-refractivity contribution in [3.8, 4) is 11.5 Å². The van der Waals surface area contributed by atoms with Gasteiger partial charge in [0.2, 0.25) is 24.5 Å². The van der Waals surface area contributed by atoms with Crippen molar-refractivity contribution in [3.63, 3.8) is 0 Å². The quantitative estimate of drug-likeness (QED) is 0.728. The van der Waals surface area contributed by atoms with Crippen molar-refractivity contribution < 1.29 is 29.0 Å². The van der Waals surface area contributed by atoms with Crippen LogP contribution in [-0.4, -0.2) is 47.6 Å². The zero-order valence-electron chi connectivity index (χ0n) is 13.2. The van der Waals surface area contributed by atoms with E-state index in [1.165, 1.54) is 0 Å². The van der Waals surface area contributed by atoms with Crippen LogP contribution in [0.25, 0.3) is 0 Å². The molecule has 8 heteroatoms. The average molecular weight is 334 g/mol. The molecule has 24 heavy (non-hydrogen) atoms. The van der Waals surface area contributed by atoms with E-state index in [1.807, 2.05) is 0 Å². The maximum Gasteiger partial charge on any atom is 0.240 e. The van der Waals surface area contributed by atoms with Gasteiger partial charge in [-0.25, -0.2) is 0 Å². The number of imide groups is 1. The number of carbonyl (C=O) groups is 3. The number of rotatable bonds is 5. The fourth-order valence-electron chi connectivity index (χ4n) is 2.60. The van der Waals surface area contributed by atoms with Crippen molar-refractivity contribution >= 4 is 17.7 Å². The van der Waals surface area contributed by atoms with Gasteiger partial charge in [0.1, 0.15) is 12.1 Å². The third kappa shape index (κ3) is 3.18. The normalized spacial score (nSPS) is 18.7. The Bertz CT molecular complexity index is 684. The number of fused-ring (bicyclic) bond motifs is 1. The topological polar surface area (TPSA) is 105 Å². The molecule has 0 saturated carbocycles. The Labute approximate surface area is 138 Å². The summed E-state index contributed by atoms with van der Waals surface area (Å²) >= 11 is 0. The van der Waals surface area contributed by atoms with Crippen molar-refractivity contribution in [3.05, 3.63) is 23.8 Å². The van der Waals surface area contributed by atoms with Crippen LogP contribution in [0, 0.1) is 0 Å². The summed E-state index contributed by atoms with van der Waals surface area (Å²) in [5, 5.41) is 13.1. The molecular formula is C16H18N2O6. The summed E-state index contributed by atoms with van der Waals surface area (Å²) in [4.78, 5) is 35.9. The predicted molar refractivity (Wildman–Crippen MR) is 81.1 cm³/mol. The van der Waals surface area contributed by atoms with Crippen LogP contribution in [0.3, 0.4) is 0 Å². The summed E-state index contributed by atoms with van der Waals surface area (Å²) in [6.07, 6.45) is 0.280. The van der Waals surface area contributed by atoms with Crippen molar-refractivity contribution in [1.82, 2.24) is 10.2 Å². The fraction of sp³-hybridized carbons (Fsp3) is 0.438. The molecule has 3 amide bonds. The van der Waals surface area contributed by atoms with E-state index in [0.717, 1.165) is 4.90 Å². The first-order chi connectivity index (χ1) is 11.4. The molecule has 0 unspecified atom stereocenters. The highest BCUT2D eigenvalue weighted by Gasteiger charge is 2.31. The summed E-state index contributed by atoms with van der Waals surface area (Å²) in [6.45, 7) is 1.29. The monoisotopic (exact) mass is 334 g/mol. The lowest BCUT2D eigenvalue weighted by Gasteiger charge is -2.25. The van der Waals surface area contributed by atoms with Gasteiger partial charge in [-0.2, -0.15) is 0 Å². The highest BCUT2D eigenvalue weighted by atomic mass is 16.7. The third-order valence-corrected chi connectivity index (χ3v) is 4.08. The molecule has 0 bridgehead atoms. The summed E-state index contributed by atoms with van der Waals surface area (Å²) in [6, 6.07) is 5.03. The van der Waals surface area contributed by atoms with Gasteiger partial charge in [-0.3, -0.25) is 19.3 Å². The van der Waals surface area contributed by atoms with Crippen LogP contribution in [0.1, 0.15) is 25.3 Å². The lowest BCUT2D eigenvalue weighted by Crippen LogP contribution is -2.44. The standard InChI is InChI=1S/C16H18N2O6/c1-16(22,10-2-3-11-12(6-10)24-9-23-11)8-17-13(19)7-18-14(20)4-5-15(18)21/h2-3,6,22H,4-5,7-9H2,1H3,(H,17,19)/t16-/m0/s1. The van der Waals surface area contributed by atoms with Crippen molar-refractivity contribution in [2.24, 2.45) is 0 Å². The number of hydrogen-bond acceptors (Lipinski definition) is 6. The van der Waals surface area contributed by atoms with E-state index in [9.17, 15) is 19.5 Å². The van der Waals surface area contributed by atoms with Gasteiger partial charge in [0.25, 0.3) is 0 Å².